The zero-order valence-corrected chi connectivity index (χ0v) is 26.2. The van der Waals surface area contributed by atoms with E-state index in [0.29, 0.717) is 23.2 Å². The minimum absolute atomic E-state index is 0.623. The van der Waals surface area contributed by atoms with Crippen molar-refractivity contribution in [2.24, 2.45) is 0 Å². The van der Waals surface area contributed by atoms with Crippen LogP contribution in [0.3, 0.4) is 0 Å². The topological polar surface area (TPSA) is 64.7 Å². The van der Waals surface area contributed by atoms with E-state index in [0.717, 1.165) is 65.7 Å². The lowest BCUT2D eigenvalue weighted by molar-refractivity contribution is 0.654. The number of para-hydroxylation sites is 1. The van der Waals surface area contributed by atoms with Gasteiger partial charge in [0.2, 0.25) is 5.71 Å². The quantitative estimate of drug-likeness (QED) is 0.194. The van der Waals surface area contributed by atoms with Crippen LogP contribution in [-0.2, 0) is 0 Å². The van der Waals surface area contributed by atoms with Crippen molar-refractivity contribution in [3.63, 3.8) is 0 Å². The molecule has 10 rings (SSSR count). The first kappa shape index (κ1) is 27.4. The molecular formula is C44H26N4O. The van der Waals surface area contributed by atoms with E-state index < -0.39 is 0 Å². The summed E-state index contributed by atoms with van der Waals surface area (Å²) >= 11 is 0. The monoisotopic (exact) mass is 626 g/mol. The number of aromatic nitrogens is 4. The third-order valence-electron chi connectivity index (χ3n) is 9.38. The Hall–Kier alpha value is -6.72. The number of pyridine rings is 1. The Morgan fingerprint density at radius 1 is 0.388 bits per heavy atom. The molecule has 0 fully saturated rings. The highest BCUT2D eigenvalue weighted by Crippen LogP contribution is 2.40. The van der Waals surface area contributed by atoms with Crippen LogP contribution in [0.2, 0.25) is 0 Å². The van der Waals surface area contributed by atoms with Crippen LogP contribution in [0.1, 0.15) is 0 Å². The van der Waals surface area contributed by atoms with Crippen molar-refractivity contribution < 1.29 is 4.42 Å². The summed E-state index contributed by atoms with van der Waals surface area (Å²) in [6.45, 7) is 0. The molecule has 0 saturated carbocycles. The van der Waals surface area contributed by atoms with Gasteiger partial charge in [-0.15, -0.1) is 0 Å². The summed E-state index contributed by atoms with van der Waals surface area (Å²) in [5, 5.41) is 8.83. The molecule has 0 aliphatic rings. The van der Waals surface area contributed by atoms with Crippen LogP contribution in [0.25, 0.3) is 99.7 Å². The van der Waals surface area contributed by atoms with Gasteiger partial charge in [-0.3, -0.25) is 0 Å². The molecule has 0 spiro atoms. The van der Waals surface area contributed by atoms with Gasteiger partial charge in [-0.2, -0.15) is 0 Å². The van der Waals surface area contributed by atoms with Crippen molar-refractivity contribution in [2.45, 2.75) is 0 Å². The molecule has 228 valence electrons. The highest BCUT2D eigenvalue weighted by molar-refractivity contribution is 6.15. The van der Waals surface area contributed by atoms with Crippen LogP contribution in [0, 0.1) is 0 Å². The van der Waals surface area contributed by atoms with Crippen molar-refractivity contribution in [1.82, 2.24) is 19.9 Å². The zero-order chi connectivity index (χ0) is 32.3. The SMILES string of the molecule is c1ccc2cc(-c3nc(-c4ccc5ccccc5c4)nc(-c4cccc5c(-c6ccnc7oc8ccccc8c67)cccc45)n3)ccc2c1. The Labute approximate surface area is 281 Å². The predicted octanol–water partition coefficient (Wildman–Crippen LogP) is 11.3. The molecule has 5 nitrogen and oxygen atoms in total. The molecule has 3 aromatic heterocycles. The fourth-order valence-electron chi connectivity index (χ4n) is 7.02. The lowest BCUT2D eigenvalue weighted by atomic mass is 9.93. The van der Waals surface area contributed by atoms with Gasteiger partial charge in [0.1, 0.15) is 5.58 Å². The molecule has 0 N–H and O–H groups in total. The Morgan fingerprint density at radius 2 is 0.939 bits per heavy atom. The molecule has 10 aromatic rings. The molecule has 0 aliphatic carbocycles. The van der Waals surface area contributed by atoms with Gasteiger partial charge >= 0.3 is 0 Å². The molecule has 49 heavy (non-hydrogen) atoms. The first-order valence-electron chi connectivity index (χ1n) is 16.3. The van der Waals surface area contributed by atoms with Crippen LogP contribution in [0.5, 0.6) is 0 Å². The largest absolute Gasteiger partial charge is 0.438 e. The van der Waals surface area contributed by atoms with Gasteiger partial charge in [0.05, 0.1) is 5.39 Å². The number of hydrogen-bond donors (Lipinski definition) is 0. The van der Waals surface area contributed by atoms with Gasteiger partial charge in [-0.1, -0.05) is 127 Å². The van der Waals surface area contributed by atoms with Gasteiger partial charge in [0.15, 0.2) is 17.5 Å². The maximum Gasteiger partial charge on any atom is 0.227 e. The summed E-state index contributed by atoms with van der Waals surface area (Å²) in [6.07, 6.45) is 1.82. The molecule has 0 radical (unpaired) electrons. The average Bonchev–Trinajstić information content (AvgIpc) is 3.56. The second-order valence-electron chi connectivity index (χ2n) is 12.3. The average molecular weight is 627 g/mol. The summed E-state index contributed by atoms with van der Waals surface area (Å²) in [7, 11) is 0. The van der Waals surface area contributed by atoms with E-state index in [2.05, 4.69) is 138 Å². The Balaban J connectivity index is 1.20. The number of hydrogen-bond acceptors (Lipinski definition) is 5. The third kappa shape index (κ3) is 4.55. The van der Waals surface area contributed by atoms with Gasteiger partial charge in [-0.05, 0) is 67.7 Å². The Bertz CT molecular complexity index is 2810. The van der Waals surface area contributed by atoms with Gasteiger partial charge in [-0.25, -0.2) is 19.9 Å². The molecule has 0 saturated heterocycles. The smallest absolute Gasteiger partial charge is 0.227 e. The van der Waals surface area contributed by atoms with Crippen LogP contribution >= 0.6 is 0 Å². The van der Waals surface area contributed by atoms with Crippen molar-refractivity contribution in [3.8, 4) is 45.3 Å². The Kier molecular flexibility index (Phi) is 6.11. The van der Waals surface area contributed by atoms with E-state index in [1.165, 1.54) is 10.8 Å². The second-order valence-corrected chi connectivity index (χ2v) is 12.3. The van der Waals surface area contributed by atoms with E-state index in [9.17, 15) is 0 Å². The number of benzene rings is 7. The molecular weight excluding hydrogens is 601 g/mol. The molecule has 0 bridgehead atoms. The van der Waals surface area contributed by atoms with Crippen molar-refractivity contribution in [3.05, 3.63) is 158 Å². The van der Waals surface area contributed by atoms with Gasteiger partial charge in [0, 0.05) is 28.3 Å². The molecule has 5 heteroatoms. The standard InChI is InChI=1S/C44H26N4O/c1-3-11-29-25-31(21-19-27(29)9-1)41-46-42(32-22-20-28-10-2-4-12-30(28)26-32)48-43(47-41)37-17-8-14-33-34(15-7-16-35(33)37)36-23-24-45-44-40(36)38-13-5-6-18-39(38)49-44/h1-26H. The fourth-order valence-corrected chi connectivity index (χ4v) is 7.02. The first-order valence-corrected chi connectivity index (χ1v) is 16.3. The maximum atomic E-state index is 6.15. The summed E-state index contributed by atoms with van der Waals surface area (Å²) in [6, 6.07) is 52.4. The summed E-state index contributed by atoms with van der Waals surface area (Å²) in [5.41, 5.74) is 6.44. The molecule has 0 unspecified atom stereocenters. The summed E-state index contributed by atoms with van der Waals surface area (Å²) in [4.78, 5) is 20.0. The minimum Gasteiger partial charge on any atom is -0.438 e. The van der Waals surface area contributed by atoms with Crippen LogP contribution in [0.15, 0.2) is 162 Å². The molecule has 0 aliphatic heterocycles. The summed E-state index contributed by atoms with van der Waals surface area (Å²) < 4.78 is 6.15. The van der Waals surface area contributed by atoms with Gasteiger partial charge < -0.3 is 4.42 Å². The number of nitrogens with zero attached hydrogens (tertiary/aromatic N) is 4. The summed E-state index contributed by atoms with van der Waals surface area (Å²) in [5.74, 6) is 1.89. The lowest BCUT2D eigenvalue weighted by Crippen LogP contribution is -2.01. The highest BCUT2D eigenvalue weighted by Gasteiger charge is 2.18. The predicted molar refractivity (Wildman–Crippen MR) is 199 cm³/mol. The van der Waals surface area contributed by atoms with Crippen molar-refractivity contribution >= 4 is 54.4 Å². The van der Waals surface area contributed by atoms with E-state index in [4.69, 9.17) is 19.4 Å². The van der Waals surface area contributed by atoms with Gasteiger partial charge in [0.25, 0.3) is 0 Å². The highest BCUT2D eigenvalue weighted by atomic mass is 16.3. The molecule has 7 aromatic carbocycles. The molecule has 3 heterocycles. The second kappa shape index (κ2) is 10.9. The zero-order valence-electron chi connectivity index (χ0n) is 26.2. The van der Waals surface area contributed by atoms with Crippen LogP contribution in [0.4, 0.5) is 0 Å². The van der Waals surface area contributed by atoms with E-state index in [1.807, 2.05) is 24.4 Å². The van der Waals surface area contributed by atoms with E-state index in [-0.39, 0.29) is 0 Å². The van der Waals surface area contributed by atoms with E-state index >= 15 is 0 Å². The normalized spacial score (nSPS) is 11.7. The van der Waals surface area contributed by atoms with Crippen LogP contribution < -0.4 is 0 Å². The molecule has 0 atom stereocenters. The Morgan fingerprint density at radius 3 is 1.63 bits per heavy atom. The number of rotatable bonds is 4. The van der Waals surface area contributed by atoms with Crippen LogP contribution in [-0.4, -0.2) is 19.9 Å². The van der Waals surface area contributed by atoms with E-state index in [1.54, 1.807) is 0 Å². The lowest BCUT2D eigenvalue weighted by Gasteiger charge is -2.13. The third-order valence-corrected chi connectivity index (χ3v) is 9.38. The maximum absolute atomic E-state index is 6.15. The van der Waals surface area contributed by atoms with Crippen molar-refractivity contribution in [1.29, 1.82) is 0 Å². The number of furan rings is 1. The number of fused-ring (bicyclic) bond motifs is 6. The first-order chi connectivity index (χ1) is 24.3. The fraction of sp³-hybridized carbons (Fsp3) is 0. The minimum atomic E-state index is 0.623. The van der Waals surface area contributed by atoms with Crippen molar-refractivity contribution in [2.75, 3.05) is 0 Å². The molecule has 0 amide bonds.